The van der Waals surface area contributed by atoms with Crippen molar-refractivity contribution in [1.29, 1.82) is 0 Å². The maximum absolute atomic E-state index is 14.1. The second-order valence-corrected chi connectivity index (χ2v) is 14.4. The van der Waals surface area contributed by atoms with Gasteiger partial charge in [-0.05, 0) is 98.2 Å². The quantitative estimate of drug-likeness (QED) is 0.156. The van der Waals surface area contributed by atoms with Crippen LogP contribution in [0.5, 0.6) is 5.75 Å². The SMILES string of the molecule is CC(C)CCN(CC1CC1)C(C)c1ccccc1N1CCN(C(=O)C(Cc2ccc(Cl)cc2)NC(=O)Oc2ccc3ncccc3c2)CC1. The fourth-order valence-corrected chi connectivity index (χ4v) is 6.79. The van der Waals surface area contributed by atoms with Crippen molar-refractivity contribution < 1.29 is 14.3 Å². The van der Waals surface area contributed by atoms with E-state index in [9.17, 15) is 9.59 Å². The molecule has 1 saturated carbocycles. The summed E-state index contributed by atoms with van der Waals surface area (Å²) in [6.07, 6.45) is 5.24. The highest BCUT2D eigenvalue weighted by Gasteiger charge is 2.32. The molecule has 2 amide bonds. The van der Waals surface area contributed by atoms with Crippen LogP contribution < -0.4 is 15.0 Å². The van der Waals surface area contributed by atoms with Crippen LogP contribution in [0.1, 0.15) is 57.2 Å². The fourth-order valence-electron chi connectivity index (χ4n) is 6.66. The number of para-hydroxylation sites is 1. The van der Waals surface area contributed by atoms with Gasteiger partial charge in [0.25, 0.3) is 0 Å². The van der Waals surface area contributed by atoms with Crippen LogP contribution in [0.2, 0.25) is 5.02 Å². The van der Waals surface area contributed by atoms with E-state index in [0.717, 1.165) is 35.5 Å². The third-order valence-corrected chi connectivity index (χ3v) is 10.0. The van der Waals surface area contributed by atoms with Gasteiger partial charge in [0.05, 0.1) is 5.52 Å². The van der Waals surface area contributed by atoms with Crippen molar-refractivity contribution in [2.45, 2.75) is 58.5 Å². The molecule has 0 bridgehead atoms. The van der Waals surface area contributed by atoms with Gasteiger partial charge in [-0.25, -0.2) is 4.79 Å². The molecule has 9 heteroatoms. The number of hydrogen-bond donors (Lipinski definition) is 1. The van der Waals surface area contributed by atoms with Crippen LogP contribution in [0, 0.1) is 11.8 Å². The summed E-state index contributed by atoms with van der Waals surface area (Å²) in [6.45, 7) is 11.8. The number of nitrogens with zero attached hydrogens (tertiary/aromatic N) is 4. The van der Waals surface area contributed by atoms with Crippen LogP contribution in [-0.2, 0) is 11.2 Å². The summed E-state index contributed by atoms with van der Waals surface area (Å²) in [4.78, 5) is 38.5. The third-order valence-electron chi connectivity index (χ3n) is 9.78. The smallest absolute Gasteiger partial charge is 0.410 e. The molecule has 0 radical (unpaired) electrons. The van der Waals surface area contributed by atoms with Crippen LogP contribution >= 0.6 is 11.6 Å². The Balaban J connectivity index is 1.13. The lowest BCUT2D eigenvalue weighted by atomic mass is 10.0. The number of piperazine rings is 1. The average Bonchev–Trinajstić information content (AvgIpc) is 3.94. The first-order valence-electron chi connectivity index (χ1n) is 17.7. The molecule has 49 heavy (non-hydrogen) atoms. The summed E-state index contributed by atoms with van der Waals surface area (Å²) >= 11 is 6.14. The number of hydrogen-bond acceptors (Lipinski definition) is 6. The van der Waals surface area contributed by atoms with E-state index in [0.29, 0.717) is 55.3 Å². The summed E-state index contributed by atoms with van der Waals surface area (Å²) in [7, 11) is 0. The molecule has 8 nitrogen and oxygen atoms in total. The first-order chi connectivity index (χ1) is 23.7. The molecule has 2 atom stereocenters. The van der Waals surface area contributed by atoms with Crippen molar-refractivity contribution in [3.05, 3.63) is 101 Å². The Morgan fingerprint density at radius 1 is 0.959 bits per heavy atom. The lowest BCUT2D eigenvalue weighted by Gasteiger charge is -2.40. The fraction of sp³-hybridized carbons (Fsp3) is 0.425. The predicted molar refractivity (Wildman–Crippen MR) is 197 cm³/mol. The van der Waals surface area contributed by atoms with E-state index in [1.54, 1.807) is 30.5 Å². The summed E-state index contributed by atoms with van der Waals surface area (Å²) in [5, 5.41) is 4.35. The Morgan fingerprint density at radius 3 is 2.45 bits per heavy atom. The normalized spacial score (nSPS) is 16.2. The number of ether oxygens (including phenoxy) is 1. The standard InChI is InChI=1S/C40H48ClN5O3/c1-28(2)18-20-46(27-31-10-11-31)29(3)35-8-4-5-9-38(35)44-21-23-45(24-22-44)39(47)37(25-30-12-14-33(41)15-13-30)43-40(48)49-34-16-17-36-32(26-34)7-6-19-42-36/h4-9,12-17,19,26,28-29,31,37H,10-11,18,20-25,27H2,1-3H3,(H,43,48). The van der Waals surface area contributed by atoms with E-state index in [1.165, 1.54) is 30.5 Å². The van der Waals surface area contributed by atoms with E-state index in [1.807, 2.05) is 35.2 Å². The molecular weight excluding hydrogens is 634 g/mol. The number of halogens is 1. The Hall–Kier alpha value is -4.14. The number of amides is 2. The molecule has 4 aromatic rings. The Labute approximate surface area is 295 Å². The largest absolute Gasteiger partial charge is 0.413 e. The topological polar surface area (TPSA) is 78.0 Å². The second kappa shape index (κ2) is 16.0. The van der Waals surface area contributed by atoms with E-state index >= 15 is 0 Å². The number of anilines is 1. The van der Waals surface area contributed by atoms with Crippen LogP contribution in [-0.4, -0.2) is 72.1 Å². The summed E-state index contributed by atoms with van der Waals surface area (Å²) < 4.78 is 5.65. The van der Waals surface area contributed by atoms with Crippen LogP contribution in [0.3, 0.4) is 0 Å². The molecule has 2 fully saturated rings. The van der Waals surface area contributed by atoms with Crippen molar-refractivity contribution >= 4 is 40.2 Å². The number of carbonyl (C=O) groups is 2. The van der Waals surface area contributed by atoms with Gasteiger partial charge < -0.3 is 19.9 Å². The van der Waals surface area contributed by atoms with Gasteiger partial charge in [0.1, 0.15) is 11.8 Å². The van der Waals surface area contributed by atoms with Gasteiger partial charge in [-0.1, -0.05) is 61.8 Å². The number of nitrogens with one attached hydrogen (secondary N) is 1. The van der Waals surface area contributed by atoms with Gasteiger partial charge in [-0.15, -0.1) is 0 Å². The summed E-state index contributed by atoms with van der Waals surface area (Å²) in [6, 6.07) is 24.7. The zero-order chi connectivity index (χ0) is 34.3. The Bertz CT molecular complexity index is 1720. The Morgan fingerprint density at radius 2 is 1.71 bits per heavy atom. The number of aromatic nitrogens is 1. The highest BCUT2D eigenvalue weighted by atomic mass is 35.5. The van der Waals surface area contributed by atoms with Gasteiger partial charge >= 0.3 is 6.09 Å². The molecule has 1 aromatic heterocycles. The number of benzene rings is 3. The van der Waals surface area contributed by atoms with Crippen molar-refractivity contribution in [3.63, 3.8) is 0 Å². The number of pyridine rings is 1. The minimum atomic E-state index is -0.799. The van der Waals surface area contributed by atoms with E-state index in [2.05, 4.69) is 65.1 Å². The first-order valence-corrected chi connectivity index (χ1v) is 18.1. The van der Waals surface area contributed by atoms with E-state index in [4.69, 9.17) is 16.3 Å². The zero-order valence-corrected chi connectivity index (χ0v) is 29.6. The predicted octanol–water partition coefficient (Wildman–Crippen LogP) is 7.76. The summed E-state index contributed by atoms with van der Waals surface area (Å²) in [5.74, 6) is 1.76. The molecule has 258 valence electrons. The van der Waals surface area contributed by atoms with E-state index < -0.39 is 12.1 Å². The van der Waals surface area contributed by atoms with Gasteiger partial charge in [-0.3, -0.25) is 14.7 Å². The molecule has 1 aliphatic carbocycles. The number of fused-ring (bicyclic) bond motifs is 1. The number of rotatable bonds is 13. The molecule has 2 unspecified atom stereocenters. The molecule has 2 heterocycles. The summed E-state index contributed by atoms with van der Waals surface area (Å²) in [5.41, 5.74) is 4.30. The molecule has 2 aliphatic rings. The zero-order valence-electron chi connectivity index (χ0n) is 28.9. The van der Waals surface area contributed by atoms with Gasteiger partial charge in [0.2, 0.25) is 5.91 Å². The maximum Gasteiger partial charge on any atom is 0.413 e. The molecule has 6 rings (SSSR count). The minimum absolute atomic E-state index is 0.125. The maximum atomic E-state index is 14.1. The van der Waals surface area contributed by atoms with Gasteiger partial charge in [0.15, 0.2) is 0 Å². The Kier molecular flexibility index (Phi) is 11.4. The highest BCUT2D eigenvalue weighted by Crippen LogP contribution is 2.36. The van der Waals surface area contributed by atoms with Gasteiger partial charge in [-0.2, -0.15) is 0 Å². The molecule has 1 N–H and O–H groups in total. The second-order valence-electron chi connectivity index (χ2n) is 13.9. The van der Waals surface area contributed by atoms with Crippen LogP contribution in [0.25, 0.3) is 10.9 Å². The van der Waals surface area contributed by atoms with Gasteiger partial charge in [0, 0.05) is 67.5 Å². The molecule has 1 aliphatic heterocycles. The highest BCUT2D eigenvalue weighted by molar-refractivity contribution is 6.30. The van der Waals surface area contributed by atoms with Crippen LogP contribution in [0.15, 0.2) is 85.1 Å². The lowest BCUT2D eigenvalue weighted by Crippen LogP contribution is -2.56. The molecule has 1 saturated heterocycles. The first kappa shape index (κ1) is 34.7. The number of carbonyl (C=O) groups excluding carboxylic acids is 2. The van der Waals surface area contributed by atoms with Crippen molar-refractivity contribution in [3.8, 4) is 5.75 Å². The third kappa shape index (κ3) is 9.31. The van der Waals surface area contributed by atoms with Crippen molar-refractivity contribution in [1.82, 2.24) is 20.1 Å². The average molecular weight is 682 g/mol. The molecule has 3 aromatic carbocycles. The molecule has 0 spiro atoms. The van der Waals surface area contributed by atoms with Crippen molar-refractivity contribution in [2.24, 2.45) is 11.8 Å². The monoisotopic (exact) mass is 681 g/mol. The minimum Gasteiger partial charge on any atom is -0.410 e. The lowest BCUT2D eigenvalue weighted by molar-refractivity contribution is -0.133. The van der Waals surface area contributed by atoms with E-state index in [-0.39, 0.29) is 5.91 Å². The van der Waals surface area contributed by atoms with Crippen LogP contribution in [0.4, 0.5) is 10.5 Å². The molecular formula is C40H48ClN5O3. The van der Waals surface area contributed by atoms with Crippen molar-refractivity contribution in [2.75, 3.05) is 44.2 Å².